The highest BCUT2D eigenvalue weighted by Gasteiger charge is 2.47. The number of nitrogens with zero attached hydrogens (tertiary/aromatic N) is 2. The molecule has 0 aromatic carbocycles. The Bertz CT molecular complexity index is 804. The van der Waals surface area contributed by atoms with E-state index in [1.54, 1.807) is 18.2 Å². The highest BCUT2D eigenvalue weighted by Crippen LogP contribution is 2.46. The molecule has 0 aliphatic heterocycles. The van der Waals surface area contributed by atoms with Gasteiger partial charge in [-0.2, -0.15) is 0 Å². The average molecular weight is 427 g/mol. The van der Waals surface area contributed by atoms with E-state index in [1.807, 2.05) is 0 Å². The smallest absolute Gasteiger partial charge is 0.308 e. The summed E-state index contributed by atoms with van der Waals surface area (Å²) in [5.41, 5.74) is 0.557. The Balaban J connectivity index is 1.63. The molecule has 0 amide bonds. The minimum Gasteiger partial charge on any atom is -0.481 e. The van der Waals surface area contributed by atoms with Crippen molar-refractivity contribution in [3.63, 3.8) is 0 Å². The van der Waals surface area contributed by atoms with Gasteiger partial charge >= 0.3 is 5.97 Å². The molecule has 0 radical (unpaired) electrons. The van der Waals surface area contributed by atoms with Gasteiger partial charge in [-0.05, 0) is 77.2 Å². The van der Waals surface area contributed by atoms with Crippen LogP contribution in [-0.2, 0) is 4.79 Å². The molecule has 3 fully saturated rings. The first-order valence-corrected chi connectivity index (χ1v) is 9.48. The fraction of sp³-hybridized carbons (Fsp3) is 0.471. The van der Waals surface area contributed by atoms with Gasteiger partial charge in [0.2, 0.25) is 5.28 Å². The predicted molar refractivity (Wildman–Crippen MR) is 96.4 cm³/mol. The highest BCUT2D eigenvalue weighted by molar-refractivity contribution is 9.10. The van der Waals surface area contributed by atoms with E-state index in [4.69, 9.17) is 16.0 Å². The fourth-order valence-corrected chi connectivity index (χ4v) is 4.74. The molecular weight excluding hydrogens is 410 g/mol. The number of aromatic nitrogens is 2. The molecule has 132 valence electrons. The molecule has 2 unspecified atom stereocenters. The van der Waals surface area contributed by atoms with Crippen LogP contribution in [0.1, 0.15) is 25.7 Å². The normalized spacial score (nSPS) is 28.1. The first-order chi connectivity index (χ1) is 12.0. The standard InChI is InChI=1S/C17H17BrClN3O3/c18-12-6-5-11(25-12)10-7-13(22-17(19)20-10)21-15-9-3-1-8(2-4-9)14(15)16(23)24/h5-9,14-15H,1-4H2,(H,23,24)(H,20,21,22). The maximum Gasteiger partial charge on any atom is 0.308 e. The molecule has 2 atom stereocenters. The number of carboxylic acid groups (broad SMARTS) is 1. The topological polar surface area (TPSA) is 88.2 Å². The monoisotopic (exact) mass is 425 g/mol. The third kappa shape index (κ3) is 3.27. The van der Waals surface area contributed by atoms with Crippen LogP contribution in [0.25, 0.3) is 11.5 Å². The summed E-state index contributed by atoms with van der Waals surface area (Å²) in [6, 6.07) is 5.18. The minimum atomic E-state index is -0.734. The molecule has 2 N–H and O–H groups in total. The molecule has 8 heteroatoms. The Kier molecular flexibility index (Phi) is 4.45. The van der Waals surface area contributed by atoms with Crippen LogP contribution in [0.2, 0.25) is 5.28 Å². The van der Waals surface area contributed by atoms with Crippen molar-refractivity contribution >= 4 is 39.3 Å². The Morgan fingerprint density at radius 2 is 1.96 bits per heavy atom. The quantitative estimate of drug-likeness (QED) is 0.702. The van der Waals surface area contributed by atoms with Gasteiger partial charge in [-0.3, -0.25) is 4.79 Å². The van der Waals surface area contributed by atoms with Crippen LogP contribution in [0.3, 0.4) is 0 Å². The molecule has 3 aliphatic carbocycles. The summed E-state index contributed by atoms with van der Waals surface area (Å²) in [6.07, 6.45) is 4.11. The second kappa shape index (κ2) is 6.61. The van der Waals surface area contributed by atoms with Gasteiger partial charge in [0.25, 0.3) is 0 Å². The molecule has 2 aromatic rings. The van der Waals surface area contributed by atoms with Crippen LogP contribution in [0.4, 0.5) is 5.82 Å². The summed E-state index contributed by atoms with van der Waals surface area (Å²) >= 11 is 9.34. The lowest BCUT2D eigenvalue weighted by Crippen LogP contribution is -2.51. The van der Waals surface area contributed by atoms with E-state index in [0.29, 0.717) is 27.9 Å². The number of rotatable bonds is 4. The number of aliphatic carboxylic acids is 1. The number of carbonyl (C=O) groups is 1. The maximum atomic E-state index is 11.8. The average Bonchev–Trinajstić information content (AvgIpc) is 3.01. The van der Waals surface area contributed by atoms with Gasteiger partial charge in [0.1, 0.15) is 11.5 Å². The zero-order valence-corrected chi connectivity index (χ0v) is 15.6. The minimum absolute atomic E-state index is 0.0976. The molecule has 2 heterocycles. The fourth-order valence-electron chi connectivity index (χ4n) is 4.25. The van der Waals surface area contributed by atoms with E-state index in [1.165, 1.54) is 0 Å². The van der Waals surface area contributed by atoms with E-state index in [9.17, 15) is 9.90 Å². The molecule has 5 rings (SSSR count). The van der Waals surface area contributed by atoms with Gasteiger partial charge in [0.05, 0.1) is 5.92 Å². The van der Waals surface area contributed by atoms with E-state index in [0.717, 1.165) is 25.7 Å². The Hall–Kier alpha value is -1.60. The molecule has 6 nitrogen and oxygen atoms in total. The van der Waals surface area contributed by atoms with Crippen LogP contribution in [0.5, 0.6) is 0 Å². The highest BCUT2D eigenvalue weighted by atomic mass is 79.9. The molecule has 0 spiro atoms. The van der Waals surface area contributed by atoms with Gasteiger partial charge in [0.15, 0.2) is 10.4 Å². The number of hydrogen-bond acceptors (Lipinski definition) is 5. The second-order valence-electron chi connectivity index (χ2n) is 6.72. The van der Waals surface area contributed by atoms with Crippen LogP contribution in [-0.4, -0.2) is 27.1 Å². The summed E-state index contributed by atoms with van der Waals surface area (Å²) < 4.78 is 6.12. The van der Waals surface area contributed by atoms with Gasteiger partial charge < -0.3 is 14.8 Å². The zero-order chi connectivity index (χ0) is 17.6. The van der Waals surface area contributed by atoms with E-state index in [2.05, 4.69) is 31.2 Å². The maximum absolute atomic E-state index is 11.8. The molecule has 3 aliphatic rings. The van der Waals surface area contributed by atoms with Crippen LogP contribution in [0, 0.1) is 17.8 Å². The van der Waals surface area contributed by atoms with Crippen LogP contribution < -0.4 is 5.32 Å². The number of anilines is 1. The van der Waals surface area contributed by atoms with E-state index >= 15 is 0 Å². The number of fused-ring (bicyclic) bond motifs is 3. The molecule has 25 heavy (non-hydrogen) atoms. The summed E-state index contributed by atoms with van der Waals surface area (Å²) in [5.74, 6) is 0.564. The first-order valence-electron chi connectivity index (χ1n) is 8.31. The van der Waals surface area contributed by atoms with Crippen molar-refractivity contribution in [1.82, 2.24) is 9.97 Å². The van der Waals surface area contributed by atoms with Gasteiger partial charge in [-0.1, -0.05) is 0 Å². The molecular formula is C17H17BrClN3O3. The predicted octanol–water partition coefficient (Wildman–Crippen LogP) is 4.45. The molecule has 2 aromatic heterocycles. The van der Waals surface area contributed by atoms with Crippen LogP contribution >= 0.6 is 27.5 Å². The van der Waals surface area contributed by atoms with Crippen molar-refractivity contribution in [2.45, 2.75) is 31.7 Å². The first kappa shape index (κ1) is 16.8. The second-order valence-corrected chi connectivity index (χ2v) is 7.84. The Morgan fingerprint density at radius 1 is 1.24 bits per heavy atom. The lowest BCUT2D eigenvalue weighted by molar-refractivity contribution is -0.148. The lowest BCUT2D eigenvalue weighted by atomic mass is 9.61. The summed E-state index contributed by atoms with van der Waals surface area (Å²) in [7, 11) is 0. The summed E-state index contributed by atoms with van der Waals surface area (Å²) in [4.78, 5) is 20.2. The SMILES string of the molecule is O=C(O)C1C2CCC(CC2)C1Nc1cc(-c2ccc(Br)o2)nc(Cl)n1. The summed E-state index contributed by atoms with van der Waals surface area (Å²) in [5, 5.41) is 13.1. The molecule has 2 bridgehead atoms. The van der Waals surface area contributed by atoms with E-state index < -0.39 is 5.97 Å². The third-order valence-corrected chi connectivity index (χ3v) is 5.94. The van der Waals surface area contributed by atoms with Gasteiger partial charge in [0, 0.05) is 12.1 Å². The van der Waals surface area contributed by atoms with Crippen molar-refractivity contribution in [3.05, 3.63) is 28.2 Å². The number of halogens is 2. The van der Waals surface area contributed by atoms with Crippen molar-refractivity contribution in [3.8, 4) is 11.5 Å². The van der Waals surface area contributed by atoms with Crippen molar-refractivity contribution in [1.29, 1.82) is 0 Å². The Labute approximate surface area is 158 Å². The number of nitrogens with one attached hydrogen (secondary N) is 1. The van der Waals surface area contributed by atoms with Crippen molar-refractivity contribution < 1.29 is 14.3 Å². The van der Waals surface area contributed by atoms with Crippen molar-refractivity contribution in [2.24, 2.45) is 17.8 Å². The van der Waals surface area contributed by atoms with Gasteiger partial charge in [-0.15, -0.1) is 0 Å². The lowest BCUT2D eigenvalue weighted by Gasteiger charge is -2.47. The number of furan rings is 1. The van der Waals surface area contributed by atoms with Gasteiger partial charge in [-0.25, -0.2) is 9.97 Å². The molecule has 3 saturated carbocycles. The molecule has 0 saturated heterocycles. The number of carboxylic acids is 1. The largest absolute Gasteiger partial charge is 0.481 e. The van der Waals surface area contributed by atoms with Crippen molar-refractivity contribution in [2.75, 3.05) is 5.32 Å². The van der Waals surface area contributed by atoms with E-state index in [-0.39, 0.29) is 23.2 Å². The number of hydrogen-bond donors (Lipinski definition) is 2. The zero-order valence-electron chi connectivity index (χ0n) is 13.3. The third-order valence-electron chi connectivity index (χ3n) is 5.34. The summed E-state index contributed by atoms with van der Waals surface area (Å²) in [6.45, 7) is 0. The Morgan fingerprint density at radius 3 is 2.60 bits per heavy atom. The van der Waals surface area contributed by atoms with Crippen LogP contribution in [0.15, 0.2) is 27.3 Å².